The average molecular weight is 212 g/mol. The highest BCUT2D eigenvalue weighted by molar-refractivity contribution is 7.64. The highest BCUT2D eigenvalue weighted by Gasteiger charge is 2.09. The fourth-order valence-corrected chi connectivity index (χ4v) is 2.38. The second-order valence-electron chi connectivity index (χ2n) is 2.85. The molecule has 0 aliphatic heterocycles. The van der Waals surface area contributed by atoms with Gasteiger partial charge in [0.2, 0.25) is 0 Å². The van der Waals surface area contributed by atoms with Crippen LogP contribution in [-0.2, 0) is 9.36 Å². The summed E-state index contributed by atoms with van der Waals surface area (Å²) in [5, 5.41) is 10.3. The second kappa shape index (κ2) is 4.40. The highest BCUT2D eigenvalue weighted by Crippen LogP contribution is 2.34. The predicted molar refractivity (Wildman–Crippen MR) is 48.2 cm³/mol. The van der Waals surface area contributed by atoms with E-state index in [1.54, 1.807) is 18.2 Å². The van der Waals surface area contributed by atoms with E-state index in [1.165, 1.54) is 12.1 Å². The van der Waals surface area contributed by atoms with Gasteiger partial charge in [0.05, 0.1) is 0 Å². The van der Waals surface area contributed by atoms with Crippen molar-refractivity contribution in [3.8, 4) is 0 Å². The third kappa shape index (κ3) is 2.98. The van der Waals surface area contributed by atoms with Crippen LogP contribution >= 0.6 is 7.37 Å². The molecule has 14 heavy (non-hydrogen) atoms. The molecular formula is C9H9O4P-2. The molecule has 1 unspecified atom stereocenters. The normalized spacial score (nSPS) is 14.6. The first-order valence-corrected chi connectivity index (χ1v) is 5.89. The first-order chi connectivity index (χ1) is 6.52. The quantitative estimate of drug-likeness (QED) is 0.605. The Kier molecular flexibility index (Phi) is 3.44. The van der Waals surface area contributed by atoms with E-state index in [4.69, 9.17) is 0 Å². The summed E-state index contributed by atoms with van der Waals surface area (Å²) in [6, 6.07) is 7.78. The van der Waals surface area contributed by atoms with Crippen LogP contribution in [0.4, 0.5) is 0 Å². The maximum Gasteiger partial charge on any atom is 0.0437 e. The zero-order chi connectivity index (χ0) is 10.6. The van der Waals surface area contributed by atoms with Gasteiger partial charge in [-0.2, -0.15) is 0 Å². The van der Waals surface area contributed by atoms with Crippen molar-refractivity contribution in [1.82, 2.24) is 0 Å². The van der Waals surface area contributed by atoms with Crippen LogP contribution in [0.1, 0.15) is 6.42 Å². The standard InChI is InChI=1S/C9H11O4P/c10-9(11)6-7-14(12,13)8-4-2-1-3-5-8/h1-5H,6-7H2,(H,10,11)(H,12,13)/p-2. The monoisotopic (exact) mass is 212 g/mol. The summed E-state index contributed by atoms with van der Waals surface area (Å²) >= 11 is 0. The van der Waals surface area contributed by atoms with Gasteiger partial charge in [0.25, 0.3) is 0 Å². The maximum atomic E-state index is 11.5. The summed E-state index contributed by atoms with van der Waals surface area (Å²) in [4.78, 5) is 21.6. The maximum absolute atomic E-state index is 11.5. The number of carboxylic acid groups (broad SMARTS) is 1. The van der Waals surface area contributed by atoms with Gasteiger partial charge in [-0.15, -0.1) is 0 Å². The Morgan fingerprint density at radius 2 is 1.86 bits per heavy atom. The smallest absolute Gasteiger partial charge is 0.0437 e. The van der Waals surface area contributed by atoms with Crippen molar-refractivity contribution < 1.29 is 19.4 Å². The van der Waals surface area contributed by atoms with E-state index in [0.29, 0.717) is 0 Å². The van der Waals surface area contributed by atoms with Crippen LogP contribution in [-0.4, -0.2) is 12.1 Å². The molecule has 1 aromatic carbocycles. The molecule has 1 rings (SSSR count). The van der Waals surface area contributed by atoms with Gasteiger partial charge in [0, 0.05) is 13.3 Å². The fraction of sp³-hybridized carbons (Fsp3) is 0.222. The highest BCUT2D eigenvalue weighted by atomic mass is 31.2. The SMILES string of the molecule is O=C([O-])CCP(=O)([O-])c1ccccc1. The van der Waals surface area contributed by atoms with E-state index in [2.05, 4.69) is 0 Å². The number of carbonyl (C=O) groups excluding carboxylic acids is 1. The summed E-state index contributed by atoms with van der Waals surface area (Å²) in [5.74, 6) is -1.35. The molecule has 0 aliphatic carbocycles. The molecule has 76 valence electrons. The van der Waals surface area contributed by atoms with Crippen LogP contribution in [0.15, 0.2) is 30.3 Å². The first-order valence-electron chi connectivity index (χ1n) is 4.08. The van der Waals surface area contributed by atoms with Crippen LogP contribution in [0.3, 0.4) is 0 Å². The lowest BCUT2D eigenvalue weighted by atomic mass is 10.4. The molecule has 0 saturated heterocycles. The molecule has 0 bridgehead atoms. The number of carbonyl (C=O) groups is 1. The lowest BCUT2D eigenvalue weighted by Crippen LogP contribution is -2.26. The second-order valence-corrected chi connectivity index (χ2v) is 5.17. The molecule has 0 fully saturated rings. The Morgan fingerprint density at radius 1 is 1.29 bits per heavy atom. The Morgan fingerprint density at radius 3 is 2.36 bits per heavy atom. The summed E-state index contributed by atoms with van der Waals surface area (Å²) in [5.41, 5.74) is 0. The van der Waals surface area contributed by atoms with Gasteiger partial charge >= 0.3 is 0 Å². The largest absolute Gasteiger partial charge is 0.796 e. The number of hydrogen-bond donors (Lipinski definition) is 0. The molecule has 0 aliphatic rings. The van der Waals surface area contributed by atoms with Gasteiger partial charge in [0.1, 0.15) is 0 Å². The Labute approximate surface area is 81.7 Å². The van der Waals surface area contributed by atoms with Gasteiger partial charge in [0.15, 0.2) is 0 Å². The van der Waals surface area contributed by atoms with E-state index in [9.17, 15) is 19.4 Å². The predicted octanol–water partition coefficient (Wildman–Crippen LogP) is -0.910. The van der Waals surface area contributed by atoms with Crippen LogP contribution in [0.25, 0.3) is 0 Å². The van der Waals surface area contributed by atoms with Crippen molar-refractivity contribution in [2.24, 2.45) is 0 Å². The molecule has 0 radical (unpaired) electrons. The molecule has 0 saturated carbocycles. The van der Waals surface area contributed by atoms with Crippen molar-refractivity contribution in [3.63, 3.8) is 0 Å². The lowest BCUT2D eigenvalue weighted by molar-refractivity contribution is -0.305. The minimum Gasteiger partial charge on any atom is -0.796 e. The number of hydrogen-bond acceptors (Lipinski definition) is 4. The molecule has 0 amide bonds. The molecular weight excluding hydrogens is 203 g/mol. The third-order valence-electron chi connectivity index (χ3n) is 1.76. The zero-order valence-corrected chi connectivity index (χ0v) is 8.28. The van der Waals surface area contributed by atoms with Gasteiger partial charge < -0.3 is 19.4 Å². The van der Waals surface area contributed by atoms with Crippen molar-refractivity contribution in [3.05, 3.63) is 30.3 Å². The molecule has 0 heterocycles. The molecule has 0 spiro atoms. The van der Waals surface area contributed by atoms with E-state index < -0.39 is 19.8 Å². The van der Waals surface area contributed by atoms with Crippen LogP contribution in [0.2, 0.25) is 0 Å². The van der Waals surface area contributed by atoms with Gasteiger partial charge in [-0.1, -0.05) is 30.3 Å². The van der Waals surface area contributed by atoms with E-state index in [-0.39, 0.29) is 11.5 Å². The number of rotatable bonds is 4. The van der Waals surface area contributed by atoms with Crippen LogP contribution in [0, 0.1) is 0 Å². The van der Waals surface area contributed by atoms with Crippen molar-refractivity contribution >= 4 is 18.6 Å². The number of carboxylic acids is 1. The average Bonchev–Trinajstić information content (AvgIpc) is 2.16. The Bertz CT molecular complexity index is 360. The van der Waals surface area contributed by atoms with E-state index in [0.717, 1.165) is 0 Å². The third-order valence-corrected chi connectivity index (χ3v) is 3.66. The summed E-state index contributed by atoms with van der Waals surface area (Å²) in [6.07, 6.45) is -0.852. The first kappa shape index (κ1) is 11.0. The van der Waals surface area contributed by atoms with Crippen LogP contribution in [0.5, 0.6) is 0 Å². The molecule has 1 aromatic rings. The minimum absolute atomic E-state index is 0.168. The zero-order valence-electron chi connectivity index (χ0n) is 7.38. The molecule has 0 N–H and O–H groups in total. The van der Waals surface area contributed by atoms with Gasteiger partial charge in [-0.25, -0.2) is 0 Å². The summed E-state index contributed by atoms with van der Waals surface area (Å²) < 4.78 is 11.5. The van der Waals surface area contributed by atoms with E-state index in [1.807, 2.05) is 0 Å². The van der Waals surface area contributed by atoms with E-state index >= 15 is 0 Å². The lowest BCUT2D eigenvalue weighted by Gasteiger charge is -2.23. The van der Waals surface area contributed by atoms with Gasteiger partial charge in [-0.3, -0.25) is 0 Å². The minimum atomic E-state index is -3.77. The molecule has 1 atom stereocenters. The molecule has 5 heteroatoms. The Balaban J connectivity index is 2.76. The van der Waals surface area contributed by atoms with Crippen molar-refractivity contribution in [2.75, 3.05) is 6.16 Å². The van der Waals surface area contributed by atoms with Crippen molar-refractivity contribution in [1.29, 1.82) is 0 Å². The number of aliphatic carboxylic acids is 1. The summed E-state index contributed by atoms with van der Waals surface area (Å²) in [7, 11) is -3.77. The van der Waals surface area contributed by atoms with Gasteiger partial charge in [-0.05, 0) is 17.9 Å². The topological polar surface area (TPSA) is 80.3 Å². The fourth-order valence-electron chi connectivity index (χ4n) is 1.02. The van der Waals surface area contributed by atoms with Crippen molar-refractivity contribution in [2.45, 2.75) is 6.42 Å². The van der Waals surface area contributed by atoms with Crippen LogP contribution < -0.4 is 15.3 Å². The number of benzene rings is 1. The molecule has 4 nitrogen and oxygen atoms in total. The molecule has 0 aromatic heterocycles. The summed E-state index contributed by atoms with van der Waals surface area (Å²) in [6.45, 7) is 0. The Hall–Kier alpha value is -1.12.